The maximum atomic E-state index is 12.1. The summed E-state index contributed by atoms with van der Waals surface area (Å²) in [5.74, 6) is 0.802. The van der Waals surface area contributed by atoms with E-state index in [4.69, 9.17) is 0 Å². The summed E-state index contributed by atoms with van der Waals surface area (Å²) in [6, 6.07) is 0.462. The summed E-state index contributed by atoms with van der Waals surface area (Å²) in [4.78, 5) is 4.17. The summed E-state index contributed by atoms with van der Waals surface area (Å²) in [6.07, 6.45) is 6.15. The molecule has 0 bridgehead atoms. The van der Waals surface area contributed by atoms with E-state index in [2.05, 4.69) is 15.6 Å². The van der Waals surface area contributed by atoms with Crippen LogP contribution in [-0.2, 0) is 10.0 Å². The van der Waals surface area contributed by atoms with Gasteiger partial charge in [0, 0.05) is 32.7 Å². The fourth-order valence-electron chi connectivity index (χ4n) is 2.68. The first-order chi connectivity index (χ1) is 10.0. The first kappa shape index (κ1) is 18.2. The van der Waals surface area contributed by atoms with E-state index in [-0.39, 0.29) is 5.75 Å². The quantitative estimate of drug-likeness (QED) is 0.546. The molecule has 6 nitrogen and oxygen atoms in total. The molecule has 1 fully saturated rings. The van der Waals surface area contributed by atoms with Crippen LogP contribution in [0.25, 0.3) is 0 Å². The van der Waals surface area contributed by atoms with Gasteiger partial charge in [0.15, 0.2) is 5.96 Å². The molecule has 1 aliphatic rings. The van der Waals surface area contributed by atoms with E-state index < -0.39 is 10.0 Å². The minimum Gasteiger partial charge on any atom is -0.355 e. The molecule has 0 amide bonds. The summed E-state index contributed by atoms with van der Waals surface area (Å²) in [5, 5.41) is 6.49. The Balaban J connectivity index is 2.38. The topological polar surface area (TPSA) is 73.8 Å². The normalized spacial score (nSPS) is 18.0. The molecule has 0 aliphatic heterocycles. The molecule has 1 aliphatic carbocycles. The summed E-state index contributed by atoms with van der Waals surface area (Å²) in [6.45, 7) is 5.14. The van der Waals surface area contributed by atoms with Gasteiger partial charge in [0.2, 0.25) is 10.0 Å². The number of guanidine groups is 1. The van der Waals surface area contributed by atoms with E-state index in [1.807, 2.05) is 13.8 Å². The van der Waals surface area contributed by atoms with Gasteiger partial charge in [-0.1, -0.05) is 33.1 Å². The third-order valence-electron chi connectivity index (χ3n) is 3.92. The molecule has 0 aromatic rings. The van der Waals surface area contributed by atoms with Gasteiger partial charge in [0.1, 0.15) is 0 Å². The predicted octanol–water partition coefficient (Wildman–Crippen LogP) is 1.16. The molecule has 1 saturated carbocycles. The van der Waals surface area contributed by atoms with E-state index in [0.29, 0.717) is 31.6 Å². The molecule has 0 saturated heterocycles. The van der Waals surface area contributed by atoms with Crippen molar-refractivity contribution in [3.05, 3.63) is 0 Å². The van der Waals surface area contributed by atoms with Gasteiger partial charge in [-0.15, -0.1) is 0 Å². The zero-order valence-electron chi connectivity index (χ0n) is 13.6. The van der Waals surface area contributed by atoms with Gasteiger partial charge >= 0.3 is 0 Å². The number of hydrogen-bond acceptors (Lipinski definition) is 3. The van der Waals surface area contributed by atoms with Gasteiger partial charge in [-0.05, 0) is 12.8 Å². The molecule has 7 heteroatoms. The standard InChI is InChI=1S/C14H30N4O2S/c1-4-18(5-2)21(19,20)12-11-16-14(15-3)17-13-9-7-6-8-10-13/h13H,4-12H2,1-3H3,(H2,15,16,17). The lowest BCUT2D eigenvalue weighted by molar-refractivity contribution is 0.410. The molecule has 0 heterocycles. The van der Waals surface area contributed by atoms with Crippen molar-refractivity contribution in [2.45, 2.75) is 52.0 Å². The van der Waals surface area contributed by atoms with Crippen LogP contribution >= 0.6 is 0 Å². The minimum absolute atomic E-state index is 0.0973. The van der Waals surface area contributed by atoms with Crippen LogP contribution in [-0.4, -0.2) is 57.2 Å². The van der Waals surface area contributed by atoms with Crippen molar-refractivity contribution in [3.8, 4) is 0 Å². The number of sulfonamides is 1. The van der Waals surface area contributed by atoms with Crippen LogP contribution in [0.15, 0.2) is 4.99 Å². The molecule has 0 aromatic carbocycles. The molecule has 0 radical (unpaired) electrons. The Bertz CT molecular complexity index is 413. The fraction of sp³-hybridized carbons (Fsp3) is 0.929. The molecule has 124 valence electrons. The van der Waals surface area contributed by atoms with E-state index >= 15 is 0 Å². The Morgan fingerprint density at radius 2 is 1.81 bits per heavy atom. The lowest BCUT2D eigenvalue weighted by Crippen LogP contribution is -2.46. The van der Waals surface area contributed by atoms with E-state index in [9.17, 15) is 8.42 Å². The monoisotopic (exact) mass is 318 g/mol. The molecule has 0 aromatic heterocycles. The van der Waals surface area contributed by atoms with E-state index in [0.717, 1.165) is 0 Å². The summed E-state index contributed by atoms with van der Waals surface area (Å²) >= 11 is 0. The zero-order valence-corrected chi connectivity index (χ0v) is 14.4. The van der Waals surface area contributed by atoms with Crippen molar-refractivity contribution < 1.29 is 8.42 Å². The van der Waals surface area contributed by atoms with Crippen molar-refractivity contribution in [2.75, 3.05) is 32.4 Å². The smallest absolute Gasteiger partial charge is 0.215 e. The maximum absolute atomic E-state index is 12.1. The second kappa shape index (κ2) is 9.25. The highest BCUT2D eigenvalue weighted by Gasteiger charge is 2.19. The lowest BCUT2D eigenvalue weighted by atomic mass is 9.96. The maximum Gasteiger partial charge on any atom is 0.215 e. The second-order valence-corrected chi connectivity index (χ2v) is 7.47. The van der Waals surface area contributed by atoms with Crippen LogP contribution in [0, 0.1) is 0 Å². The number of nitrogens with zero attached hydrogens (tertiary/aromatic N) is 2. The minimum atomic E-state index is -3.17. The van der Waals surface area contributed by atoms with Crippen LogP contribution in [0.2, 0.25) is 0 Å². The molecular weight excluding hydrogens is 288 g/mol. The number of aliphatic imine (C=N–C) groups is 1. The molecule has 1 rings (SSSR count). The van der Waals surface area contributed by atoms with Crippen molar-refractivity contribution in [3.63, 3.8) is 0 Å². The van der Waals surface area contributed by atoms with Gasteiger partial charge < -0.3 is 10.6 Å². The van der Waals surface area contributed by atoms with Crippen molar-refractivity contribution in [1.82, 2.24) is 14.9 Å². The third kappa shape index (κ3) is 6.22. The van der Waals surface area contributed by atoms with Gasteiger partial charge in [0.25, 0.3) is 0 Å². The van der Waals surface area contributed by atoms with Crippen molar-refractivity contribution in [2.24, 2.45) is 4.99 Å². The molecule has 21 heavy (non-hydrogen) atoms. The van der Waals surface area contributed by atoms with Crippen LogP contribution in [0.4, 0.5) is 0 Å². The van der Waals surface area contributed by atoms with Gasteiger partial charge in [-0.25, -0.2) is 12.7 Å². The highest BCUT2D eigenvalue weighted by molar-refractivity contribution is 7.89. The summed E-state index contributed by atoms with van der Waals surface area (Å²) < 4.78 is 25.6. The second-order valence-electron chi connectivity index (χ2n) is 5.38. The Hall–Kier alpha value is -0.820. The van der Waals surface area contributed by atoms with E-state index in [1.165, 1.54) is 36.4 Å². The van der Waals surface area contributed by atoms with Gasteiger partial charge in [0.05, 0.1) is 5.75 Å². The van der Waals surface area contributed by atoms with Crippen LogP contribution in [0.3, 0.4) is 0 Å². The van der Waals surface area contributed by atoms with Crippen LogP contribution in [0.5, 0.6) is 0 Å². The first-order valence-electron chi connectivity index (χ1n) is 7.98. The predicted molar refractivity (Wildman–Crippen MR) is 88.1 cm³/mol. The van der Waals surface area contributed by atoms with Crippen LogP contribution < -0.4 is 10.6 Å². The molecular formula is C14H30N4O2S. The molecule has 0 spiro atoms. The molecule has 0 atom stereocenters. The fourth-order valence-corrected chi connectivity index (χ4v) is 4.08. The summed E-state index contributed by atoms with van der Waals surface area (Å²) in [5.41, 5.74) is 0. The van der Waals surface area contributed by atoms with Gasteiger partial charge in [-0.3, -0.25) is 4.99 Å². The largest absolute Gasteiger partial charge is 0.355 e. The van der Waals surface area contributed by atoms with Crippen molar-refractivity contribution in [1.29, 1.82) is 0 Å². The van der Waals surface area contributed by atoms with E-state index in [1.54, 1.807) is 7.05 Å². The average Bonchev–Trinajstić information content (AvgIpc) is 2.48. The Morgan fingerprint density at radius 3 is 2.33 bits per heavy atom. The van der Waals surface area contributed by atoms with Crippen molar-refractivity contribution >= 4 is 16.0 Å². The zero-order chi connectivity index (χ0) is 15.7. The summed E-state index contributed by atoms with van der Waals surface area (Å²) in [7, 11) is -1.45. The molecule has 2 N–H and O–H groups in total. The lowest BCUT2D eigenvalue weighted by Gasteiger charge is -2.25. The number of nitrogens with one attached hydrogen (secondary N) is 2. The Labute approximate surface area is 129 Å². The third-order valence-corrected chi connectivity index (χ3v) is 5.94. The highest BCUT2D eigenvalue weighted by atomic mass is 32.2. The highest BCUT2D eigenvalue weighted by Crippen LogP contribution is 2.17. The SMILES string of the molecule is CCN(CC)S(=O)(=O)CCNC(=NC)NC1CCCCC1. The Morgan fingerprint density at radius 1 is 1.19 bits per heavy atom. The number of hydrogen-bond donors (Lipinski definition) is 2. The molecule has 0 unspecified atom stereocenters. The first-order valence-corrected chi connectivity index (χ1v) is 9.59. The van der Waals surface area contributed by atoms with Gasteiger partial charge in [-0.2, -0.15) is 0 Å². The van der Waals surface area contributed by atoms with Crippen LogP contribution in [0.1, 0.15) is 46.0 Å². The Kier molecular flexibility index (Phi) is 8.03. The average molecular weight is 318 g/mol. The number of rotatable bonds is 7.